The van der Waals surface area contributed by atoms with Crippen LogP contribution in [0.15, 0.2) is 30.3 Å². The average molecular weight is 534 g/mol. The standard InChI is InChI=1S/C20H33NO5.HI.K/c1-2-4-20(5-3-1)6-7-21-8-10-22-12-14-24-16-18-26-19-17-25-15-13-23-11-9-21;;/h1-5H,6-19H2;1H;/q;;+1. The molecule has 28 heavy (non-hydrogen) atoms. The van der Waals surface area contributed by atoms with E-state index in [9.17, 15) is 0 Å². The Balaban J connectivity index is 0.00000364. The fourth-order valence-electron chi connectivity index (χ4n) is 2.76. The first kappa shape index (κ1) is 29.3. The summed E-state index contributed by atoms with van der Waals surface area (Å²) in [7, 11) is 0. The first-order chi connectivity index (χ1) is 12.9. The Morgan fingerprint density at radius 1 is 0.607 bits per heavy atom. The largest absolute Gasteiger partial charge is 1.00 e. The number of halogens is 1. The zero-order valence-electron chi connectivity index (χ0n) is 17.2. The summed E-state index contributed by atoms with van der Waals surface area (Å²) in [5, 5.41) is 0. The Hall–Kier alpha value is 1.35. The van der Waals surface area contributed by atoms with E-state index < -0.39 is 0 Å². The van der Waals surface area contributed by atoms with Crippen molar-refractivity contribution in [1.29, 1.82) is 0 Å². The Kier molecular flexibility index (Phi) is 22.6. The van der Waals surface area contributed by atoms with Crippen LogP contribution >= 0.6 is 0 Å². The number of rotatable bonds is 3. The summed E-state index contributed by atoms with van der Waals surface area (Å²) in [5.41, 5.74) is 1.38. The van der Waals surface area contributed by atoms with Crippen LogP contribution < -0.4 is 80.3 Å². The first-order valence-electron chi connectivity index (χ1n) is 9.71. The number of benzene rings is 1. The average Bonchev–Trinajstić information content (AvgIpc) is 2.68. The fraction of sp³-hybridized carbons (Fsp3) is 0.700. The van der Waals surface area contributed by atoms with Gasteiger partial charge in [-0.25, -0.2) is 0 Å². The monoisotopic (exact) mass is 534 g/mol. The van der Waals surface area contributed by atoms with Gasteiger partial charge in [-0.3, -0.25) is 0 Å². The molecule has 1 N–H and O–H groups in total. The van der Waals surface area contributed by atoms with Gasteiger partial charge in [0.15, 0.2) is 0 Å². The van der Waals surface area contributed by atoms with Crippen molar-refractivity contribution in [3.8, 4) is 0 Å². The molecule has 1 heterocycles. The van der Waals surface area contributed by atoms with E-state index in [2.05, 4.69) is 30.3 Å². The molecule has 0 atom stereocenters. The summed E-state index contributed by atoms with van der Waals surface area (Å²) < 4.78 is 27.8. The SMILES string of the molecule is [I-].[K+].c1ccc(CC[NH+]2CCOCCOCCOCCOCCOCC2)cc1. The quantitative estimate of drug-likeness (QED) is 0.310. The minimum Gasteiger partial charge on any atom is -1.00 e. The molecular weight excluding hydrogens is 500 g/mol. The van der Waals surface area contributed by atoms with Gasteiger partial charge >= 0.3 is 51.4 Å². The summed E-state index contributed by atoms with van der Waals surface area (Å²) in [5.74, 6) is 0. The van der Waals surface area contributed by atoms with Crippen molar-refractivity contribution in [3.05, 3.63) is 35.9 Å². The van der Waals surface area contributed by atoms with Crippen molar-refractivity contribution < 1.29 is 104 Å². The van der Waals surface area contributed by atoms with Crippen molar-refractivity contribution in [2.24, 2.45) is 0 Å². The van der Waals surface area contributed by atoms with Gasteiger partial charge in [0, 0.05) is 6.42 Å². The zero-order valence-corrected chi connectivity index (χ0v) is 22.5. The summed E-state index contributed by atoms with van der Waals surface area (Å²) in [6, 6.07) is 10.6. The van der Waals surface area contributed by atoms with E-state index in [0.717, 1.165) is 39.3 Å². The van der Waals surface area contributed by atoms with E-state index >= 15 is 0 Å². The molecule has 1 fully saturated rings. The molecule has 0 unspecified atom stereocenters. The molecular formula is C20H34IKNO5+. The third-order valence-electron chi connectivity index (χ3n) is 4.30. The minimum absolute atomic E-state index is 0. The van der Waals surface area contributed by atoms with E-state index in [1.165, 1.54) is 10.5 Å². The number of hydrogen-bond acceptors (Lipinski definition) is 5. The predicted molar refractivity (Wildman–Crippen MR) is 99.8 cm³/mol. The number of hydrogen-bond donors (Lipinski definition) is 1. The Morgan fingerprint density at radius 3 is 1.43 bits per heavy atom. The first-order valence-corrected chi connectivity index (χ1v) is 9.71. The van der Waals surface area contributed by atoms with Crippen molar-refractivity contribution in [1.82, 2.24) is 0 Å². The molecule has 1 aromatic carbocycles. The second-order valence-electron chi connectivity index (χ2n) is 6.30. The van der Waals surface area contributed by atoms with Crippen LogP contribution in [0.2, 0.25) is 0 Å². The van der Waals surface area contributed by atoms with Crippen LogP contribution in [-0.4, -0.2) is 85.7 Å². The van der Waals surface area contributed by atoms with Crippen molar-refractivity contribution in [2.75, 3.05) is 85.7 Å². The van der Waals surface area contributed by atoms with E-state index in [1.807, 2.05) is 0 Å². The molecule has 1 aliphatic rings. The molecule has 1 aliphatic heterocycles. The molecule has 0 amide bonds. The summed E-state index contributed by atoms with van der Waals surface area (Å²) in [6.07, 6.45) is 1.07. The van der Waals surface area contributed by atoms with E-state index in [-0.39, 0.29) is 75.4 Å². The summed E-state index contributed by atoms with van der Waals surface area (Å²) in [6.45, 7) is 9.41. The van der Waals surface area contributed by atoms with Gasteiger partial charge < -0.3 is 52.6 Å². The van der Waals surface area contributed by atoms with Crippen LogP contribution in [0.25, 0.3) is 0 Å². The van der Waals surface area contributed by atoms with Gasteiger partial charge in [0.05, 0.1) is 72.6 Å². The molecule has 0 bridgehead atoms. The van der Waals surface area contributed by atoms with Crippen LogP contribution in [0.4, 0.5) is 0 Å². The normalized spacial score (nSPS) is 19.4. The summed E-state index contributed by atoms with van der Waals surface area (Å²) >= 11 is 0. The summed E-state index contributed by atoms with van der Waals surface area (Å²) in [4.78, 5) is 1.50. The van der Waals surface area contributed by atoms with E-state index in [4.69, 9.17) is 23.7 Å². The van der Waals surface area contributed by atoms with Crippen molar-refractivity contribution in [3.63, 3.8) is 0 Å². The van der Waals surface area contributed by atoms with Gasteiger partial charge in [-0.05, 0) is 5.56 Å². The topological polar surface area (TPSA) is 50.6 Å². The molecule has 0 spiro atoms. The zero-order chi connectivity index (χ0) is 18.1. The maximum atomic E-state index is 5.71. The second-order valence-corrected chi connectivity index (χ2v) is 6.30. The molecule has 0 saturated carbocycles. The molecule has 156 valence electrons. The van der Waals surface area contributed by atoms with Crippen molar-refractivity contribution in [2.45, 2.75) is 6.42 Å². The van der Waals surface area contributed by atoms with Gasteiger partial charge in [-0.15, -0.1) is 0 Å². The Morgan fingerprint density at radius 2 is 1.00 bits per heavy atom. The molecule has 8 heteroatoms. The van der Waals surface area contributed by atoms with E-state index in [0.29, 0.717) is 52.9 Å². The van der Waals surface area contributed by atoms with Crippen LogP contribution in [0.5, 0.6) is 0 Å². The molecule has 0 radical (unpaired) electrons. The number of nitrogens with one attached hydrogen (secondary N) is 1. The third kappa shape index (κ3) is 16.1. The van der Waals surface area contributed by atoms with Crippen LogP contribution in [0.3, 0.4) is 0 Å². The third-order valence-corrected chi connectivity index (χ3v) is 4.30. The minimum atomic E-state index is 0. The van der Waals surface area contributed by atoms with Crippen LogP contribution in [-0.2, 0) is 30.1 Å². The Labute approximate surface area is 229 Å². The van der Waals surface area contributed by atoms with Gasteiger partial charge in [0.25, 0.3) is 0 Å². The van der Waals surface area contributed by atoms with E-state index in [1.54, 1.807) is 0 Å². The maximum absolute atomic E-state index is 5.71. The van der Waals surface area contributed by atoms with Gasteiger partial charge in [0.1, 0.15) is 13.1 Å². The molecule has 0 aliphatic carbocycles. The molecule has 2 rings (SSSR count). The van der Waals surface area contributed by atoms with Crippen LogP contribution in [0, 0.1) is 0 Å². The van der Waals surface area contributed by atoms with Crippen molar-refractivity contribution >= 4 is 0 Å². The van der Waals surface area contributed by atoms with Gasteiger partial charge in [-0.2, -0.15) is 0 Å². The van der Waals surface area contributed by atoms with Crippen LogP contribution in [0.1, 0.15) is 5.56 Å². The Bertz CT molecular complexity index is 426. The number of quaternary nitrogens is 1. The maximum Gasteiger partial charge on any atom is 1.00 e. The smallest absolute Gasteiger partial charge is 1.00 e. The molecule has 1 aromatic rings. The van der Waals surface area contributed by atoms with Gasteiger partial charge in [-0.1, -0.05) is 30.3 Å². The fourth-order valence-corrected chi connectivity index (χ4v) is 2.76. The van der Waals surface area contributed by atoms with Gasteiger partial charge in [0.2, 0.25) is 0 Å². The second kappa shape index (κ2) is 21.6. The molecule has 1 saturated heterocycles. The molecule has 6 nitrogen and oxygen atoms in total. The predicted octanol–water partition coefficient (Wildman–Crippen LogP) is -5.78. The number of ether oxygens (including phenoxy) is 5. The molecule has 0 aromatic heterocycles.